The Kier molecular flexibility index (Phi) is 4.91. The third-order valence-electron chi connectivity index (χ3n) is 5.20. The molecule has 0 radical (unpaired) electrons. The topological polar surface area (TPSA) is 51.1 Å². The van der Waals surface area contributed by atoms with Crippen molar-refractivity contribution in [2.24, 2.45) is 0 Å². The summed E-state index contributed by atoms with van der Waals surface area (Å²) in [5, 5.41) is 3.64. The molecular weight excluding hydrogens is 404 g/mol. The van der Waals surface area contributed by atoms with Gasteiger partial charge < -0.3 is 4.74 Å². The summed E-state index contributed by atoms with van der Waals surface area (Å²) in [6, 6.07) is 12.0. The van der Waals surface area contributed by atoms with Crippen LogP contribution in [-0.2, 0) is 19.5 Å². The van der Waals surface area contributed by atoms with Crippen molar-refractivity contribution in [3.05, 3.63) is 69.9 Å². The van der Waals surface area contributed by atoms with Gasteiger partial charge in [0.2, 0.25) is 0 Å². The zero-order valence-corrected chi connectivity index (χ0v) is 17.5. The van der Waals surface area contributed by atoms with Crippen molar-refractivity contribution in [3.8, 4) is 16.5 Å². The van der Waals surface area contributed by atoms with Gasteiger partial charge in [0.25, 0.3) is 0 Å². The molecule has 5 nitrogen and oxygen atoms in total. The fourth-order valence-corrected chi connectivity index (χ4v) is 4.56. The highest BCUT2D eigenvalue weighted by Gasteiger charge is 2.20. The Bertz CT molecular complexity index is 1180. The van der Waals surface area contributed by atoms with E-state index in [4.69, 9.17) is 21.3 Å². The Balaban J connectivity index is 1.37. The highest BCUT2D eigenvalue weighted by molar-refractivity contribution is 7.13. The largest absolute Gasteiger partial charge is 0.497 e. The summed E-state index contributed by atoms with van der Waals surface area (Å²) in [7, 11) is 1.67. The number of ether oxygens (including phenoxy) is 1. The summed E-state index contributed by atoms with van der Waals surface area (Å²) in [4.78, 5) is 17.4. The summed E-state index contributed by atoms with van der Waals surface area (Å²) in [6.45, 7) is 2.48. The third-order valence-corrected chi connectivity index (χ3v) is 6.39. The van der Waals surface area contributed by atoms with Crippen LogP contribution in [-0.4, -0.2) is 33.5 Å². The van der Waals surface area contributed by atoms with Crippen LogP contribution in [0.15, 0.2) is 48.0 Å². The van der Waals surface area contributed by atoms with Gasteiger partial charge in [-0.2, -0.15) is 0 Å². The van der Waals surface area contributed by atoms with Crippen LogP contribution in [0.2, 0.25) is 5.15 Å². The maximum atomic E-state index is 6.48. The summed E-state index contributed by atoms with van der Waals surface area (Å²) >= 11 is 8.15. The van der Waals surface area contributed by atoms with Crippen molar-refractivity contribution in [1.82, 2.24) is 19.9 Å². The van der Waals surface area contributed by atoms with E-state index in [1.54, 1.807) is 18.4 Å². The number of rotatable bonds is 4. The zero-order valence-electron chi connectivity index (χ0n) is 15.9. The van der Waals surface area contributed by atoms with Gasteiger partial charge in [0.05, 0.1) is 23.2 Å². The Morgan fingerprint density at radius 3 is 2.97 bits per heavy atom. The Labute approximate surface area is 178 Å². The van der Waals surface area contributed by atoms with Crippen LogP contribution in [0, 0.1) is 0 Å². The highest BCUT2D eigenvalue weighted by Crippen LogP contribution is 2.28. The van der Waals surface area contributed by atoms with E-state index in [0.29, 0.717) is 5.15 Å². The Hall–Kier alpha value is -2.54. The second-order valence-electron chi connectivity index (χ2n) is 7.10. The first kappa shape index (κ1) is 18.5. The van der Waals surface area contributed by atoms with Crippen LogP contribution in [0.1, 0.15) is 16.8 Å². The summed E-state index contributed by atoms with van der Waals surface area (Å²) in [6.07, 6.45) is 2.87. The Morgan fingerprint density at radius 1 is 1.21 bits per heavy atom. The molecular formula is C22H19ClN4OS. The number of halogens is 1. The van der Waals surface area contributed by atoms with E-state index < -0.39 is 0 Å². The van der Waals surface area contributed by atoms with Crippen LogP contribution in [0.25, 0.3) is 21.6 Å². The SMILES string of the molecule is COc1ccc2nc(Cl)c(CN3CCc4nc(-c5cccs5)ncc4C3)cc2c1. The summed E-state index contributed by atoms with van der Waals surface area (Å²) in [5.74, 6) is 1.64. The van der Waals surface area contributed by atoms with Gasteiger partial charge in [-0.1, -0.05) is 17.7 Å². The molecule has 0 unspecified atom stereocenters. The normalized spacial score (nSPS) is 14.1. The number of methoxy groups -OCH3 is 1. The van der Waals surface area contributed by atoms with E-state index in [0.717, 1.165) is 64.7 Å². The lowest BCUT2D eigenvalue weighted by atomic mass is 10.1. The second kappa shape index (κ2) is 7.71. The fourth-order valence-electron chi connectivity index (χ4n) is 3.69. The van der Waals surface area contributed by atoms with E-state index in [1.165, 1.54) is 5.56 Å². The monoisotopic (exact) mass is 422 g/mol. The lowest BCUT2D eigenvalue weighted by molar-refractivity contribution is 0.243. The zero-order chi connectivity index (χ0) is 19.8. The number of aromatic nitrogens is 3. The van der Waals surface area contributed by atoms with Crippen LogP contribution < -0.4 is 4.74 Å². The van der Waals surface area contributed by atoms with E-state index in [1.807, 2.05) is 30.5 Å². The van der Waals surface area contributed by atoms with Gasteiger partial charge in [-0.15, -0.1) is 11.3 Å². The average Bonchev–Trinajstić information content (AvgIpc) is 3.28. The molecule has 0 aliphatic carbocycles. The van der Waals surface area contributed by atoms with Crippen LogP contribution in [0.3, 0.4) is 0 Å². The molecule has 0 amide bonds. The molecule has 0 atom stereocenters. The van der Waals surface area contributed by atoms with Crippen molar-refractivity contribution in [2.75, 3.05) is 13.7 Å². The van der Waals surface area contributed by atoms with Crippen LogP contribution in [0.5, 0.6) is 5.75 Å². The molecule has 0 spiro atoms. The molecule has 3 aromatic heterocycles. The van der Waals surface area contributed by atoms with Gasteiger partial charge in [0.1, 0.15) is 10.9 Å². The Morgan fingerprint density at radius 2 is 2.14 bits per heavy atom. The van der Waals surface area contributed by atoms with Gasteiger partial charge in [-0.3, -0.25) is 4.90 Å². The minimum atomic E-state index is 0.553. The predicted octanol–water partition coefficient (Wildman–Crippen LogP) is 4.97. The van der Waals surface area contributed by atoms with E-state index >= 15 is 0 Å². The molecule has 0 saturated carbocycles. The minimum Gasteiger partial charge on any atom is -0.497 e. The van der Waals surface area contributed by atoms with E-state index in [9.17, 15) is 0 Å². The molecule has 146 valence electrons. The molecule has 7 heteroatoms. The number of hydrogen-bond acceptors (Lipinski definition) is 6. The van der Waals surface area contributed by atoms with E-state index in [2.05, 4.69) is 32.4 Å². The van der Waals surface area contributed by atoms with E-state index in [-0.39, 0.29) is 0 Å². The molecule has 5 rings (SSSR count). The first-order chi connectivity index (χ1) is 14.2. The standard InChI is InChI=1S/C22H19ClN4OS/c1-28-17-4-5-18-14(10-17)9-15(21(23)25-18)12-27-7-6-19-16(13-27)11-24-22(26-19)20-3-2-8-29-20/h2-5,8-11H,6-7,12-13H2,1H3. The predicted molar refractivity (Wildman–Crippen MR) is 116 cm³/mol. The molecule has 1 aliphatic rings. The van der Waals surface area contributed by atoms with Crippen molar-refractivity contribution >= 4 is 33.8 Å². The summed E-state index contributed by atoms with van der Waals surface area (Å²) in [5.41, 5.74) is 4.22. The molecule has 4 aromatic rings. The van der Waals surface area contributed by atoms with Crippen LogP contribution >= 0.6 is 22.9 Å². The van der Waals surface area contributed by atoms with Gasteiger partial charge in [-0.25, -0.2) is 15.0 Å². The first-order valence-electron chi connectivity index (χ1n) is 9.44. The lowest BCUT2D eigenvalue weighted by Gasteiger charge is -2.28. The van der Waals surface area contributed by atoms with Gasteiger partial charge in [0, 0.05) is 48.8 Å². The van der Waals surface area contributed by atoms with Crippen molar-refractivity contribution in [1.29, 1.82) is 0 Å². The third kappa shape index (κ3) is 3.71. The highest BCUT2D eigenvalue weighted by atomic mass is 35.5. The second-order valence-corrected chi connectivity index (χ2v) is 8.41. The number of thiophene rings is 1. The van der Waals surface area contributed by atoms with Crippen molar-refractivity contribution in [2.45, 2.75) is 19.5 Å². The smallest absolute Gasteiger partial charge is 0.169 e. The minimum absolute atomic E-state index is 0.553. The lowest BCUT2D eigenvalue weighted by Crippen LogP contribution is -2.31. The van der Waals surface area contributed by atoms with Gasteiger partial charge in [-0.05, 0) is 35.7 Å². The quantitative estimate of drug-likeness (QED) is 0.434. The van der Waals surface area contributed by atoms with Crippen molar-refractivity contribution < 1.29 is 4.74 Å². The van der Waals surface area contributed by atoms with Gasteiger partial charge in [0.15, 0.2) is 5.82 Å². The maximum Gasteiger partial charge on any atom is 0.169 e. The average molecular weight is 423 g/mol. The molecule has 29 heavy (non-hydrogen) atoms. The molecule has 0 bridgehead atoms. The van der Waals surface area contributed by atoms with Crippen LogP contribution in [0.4, 0.5) is 0 Å². The molecule has 0 N–H and O–H groups in total. The molecule has 0 fully saturated rings. The number of benzene rings is 1. The molecule has 0 saturated heterocycles. The number of fused-ring (bicyclic) bond motifs is 2. The first-order valence-corrected chi connectivity index (χ1v) is 10.7. The molecule has 1 aromatic carbocycles. The summed E-state index contributed by atoms with van der Waals surface area (Å²) < 4.78 is 5.33. The number of pyridine rings is 1. The number of nitrogens with zero attached hydrogens (tertiary/aromatic N) is 4. The maximum absolute atomic E-state index is 6.48. The number of hydrogen-bond donors (Lipinski definition) is 0. The fraction of sp³-hybridized carbons (Fsp3) is 0.227. The van der Waals surface area contributed by atoms with Gasteiger partial charge >= 0.3 is 0 Å². The van der Waals surface area contributed by atoms with Crippen molar-refractivity contribution in [3.63, 3.8) is 0 Å². The molecule has 1 aliphatic heterocycles. The molecule has 4 heterocycles.